The molecule has 0 aliphatic carbocycles. The molecule has 0 aliphatic heterocycles. The molecule has 2 rings (SSSR count). The zero-order valence-corrected chi connectivity index (χ0v) is 21.9. The summed E-state index contributed by atoms with van der Waals surface area (Å²) in [5, 5.41) is 5.49. The van der Waals surface area contributed by atoms with Gasteiger partial charge in [0.05, 0.1) is 13.2 Å². The Labute approximate surface area is 215 Å². The van der Waals surface area contributed by atoms with Gasteiger partial charge in [-0.15, -0.1) is 0 Å². The number of ketones is 1. The van der Waals surface area contributed by atoms with E-state index in [0.717, 1.165) is 11.1 Å². The minimum absolute atomic E-state index is 0.0706. The fraction of sp³-hybridized carbons (Fsp3) is 0.483. The second-order valence-corrected chi connectivity index (χ2v) is 9.99. The Bertz CT molecular complexity index is 898. The van der Waals surface area contributed by atoms with Crippen LogP contribution in [0.15, 0.2) is 60.7 Å². The highest BCUT2D eigenvalue weighted by Crippen LogP contribution is 2.12. The van der Waals surface area contributed by atoms with Crippen LogP contribution in [0.3, 0.4) is 0 Å². The summed E-state index contributed by atoms with van der Waals surface area (Å²) in [6.07, 6.45) is 1.65. The van der Waals surface area contributed by atoms with Crippen LogP contribution < -0.4 is 10.6 Å². The minimum Gasteiger partial charge on any atom is -0.444 e. The van der Waals surface area contributed by atoms with Crippen LogP contribution in [0.1, 0.15) is 64.5 Å². The van der Waals surface area contributed by atoms with Crippen molar-refractivity contribution >= 4 is 17.8 Å². The molecule has 1 unspecified atom stereocenters. The van der Waals surface area contributed by atoms with Gasteiger partial charge in [-0.05, 0) is 64.5 Å². The topological polar surface area (TPSA) is 93.7 Å². The average Bonchev–Trinajstić information content (AvgIpc) is 2.82. The lowest BCUT2D eigenvalue weighted by Crippen LogP contribution is -2.38. The molecule has 2 aromatic carbocycles. The molecule has 0 heterocycles. The highest BCUT2D eigenvalue weighted by molar-refractivity contribution is 5.89. The number of Topliss-reactive ketones (excluding diaryl/α,β-unsaturated/α-hetero) is 1. The van der Waals surface area contributed by atoms with E-state index in [2.05, 4.69) is 10.6 Å². The number of hydrogen-bond acceptors (Lipinski definition) is 5. The normalized spacial score (nSPS) is 12.9. The molecule has 2 atom stereocenters. The molecular weight excluding hydrogens is 456 g/mol. The molecule has 0 bridgehead atoms. The second kappa shape index (κ2) is 15.0. The summed E-state index contributed by atoms with van der Waals surface area (Å²) in [4.78, 5) is 37.0. The monoisotopic (exact) mass is 496 g/mol. The van der Waals surface area contributed by atoms with Gasteiger partial charge in [0, 0.05) is 12.5 Å². The van der Waals surface area contributed by atoms with Crippen molar-refractivity contribution in [2.75, 3.05) is 6.54 Å². The average molecular weight is 497 g/mol. The van der Waals surface area contributed by atoms with Gasteiger partial charge in [0.2, 0.25) is 5.91 Å². The summed E-state index contributed by atoms with van der Waals surface area (Å²) >= 11 is 0. The van der Waals surface area contributed by atoms with E-state index in [9.17, 15) is 14.4 Å². The smallest absolute Gasteiger partial charge is 0.407 e. The first-order valence-corrected chi connectivity index (χ1v) is 12.6. The molecule has 0 fully saturated rings. The van der Waals surface area contributed by atoms with Crippen LogP contribution in [-0.2, 0) is 32.1 Å². The van der Waals surface area contributed by atoms with Crippen molar-refractivity contribution in [1.29, 1.82) is 0 Å². The van der Waals surface area contributed by atoms with Gasteiger partial charge < -0.3 is 20.1 Å². The van der Waals surface area contributed by atoms with E-state index in [1.165, 1.54) is 0 Å². The lowest BCUT2D eigenvalue weighted by atomic mass is 10.0. The molecule has 36 heavy (non-hydrogen) atoms. The first kappa shape index (κ1) is 29.0. The Balaban J connectivity index is 1.77. The largest absolute Gasteiger partial charge is 0.444 e. The Morgan fingerprint density at radius 2 is 1.50 bits per heavy atom. The molecule has 2 amide bonds. The molecule has 0 spiro atoms. The van der Waals surface area contributed by atoms with Crippen molar-refractivity contribution in [2.45, 2.75) is 84.2 Å². The first-order chi connectivity index (χ1) is 17.1. The Kier molecular flexibility index (Phi) is 12.1. The van der Waals surface area contributed by atoms with Gasteiger partial charge in [-0.2, -0.15) is 0 Å². The van der Waals surface area contributed by atoms with Gasteiger partial charge in [0.25, 0.3) is 0 Å². The van der Waals surface area contributed by atoms with Crippen LogP contribution in [-0.4, -0.2) is 42.1 Å². The second-order valence-electron chi connectivity index (χ2n) is 9.99. The number of carbonyl (C=O) groups excluding carboxylic acids is 3. The van der Waals surface area contributed by atoms with E-state index in [1.54, 1.807) is 0 Å². The number of nitrogens with one attached hydrogen (secondary N) is 2. The number of rotatable bonds is 14. The fourth-order valence-corrected chi connectivity index (χ4v) is 3.59. The minimum atomic E-state index is -0.608. The molecule has 196 valence electrons. The zero-order valence-electron chi connectivity index (χ0n) is 21.9. The molecule has 0 aromatic heterocycles. The number of amides is 2. The Hall–Kier alpha value is -3.19. The number of aryl methyl sites for hydroxylation is 1. The van der Waals surface area contributed by atoms with E-state index < -0.39 is 17.8 Å². The lowest BCUT2D eigenvalue weighted by molar-refractivity contribution is -0.133. The van der Waals surface area contributed by atoms with Crippen molar-refractivity contribution in [1.82, 2.24) is 10.6 Å². The summed E-state index contributed by atoms with van der Waals surface area (Å²) < 4.78 is 11.2. The van der Waals surface area contributed by atoms with Crippen molar-refractivity contribution < 1.29 is 23.9 Å². The first-order valence-electron chi connectivity index (χ1n) is 12.6. The zero-order chi connectivity index (χ0) is 26.4. The van der Waals surface area contributed by atoms with Crippen molar-refractivity contribution in [3.63, 3.8) is 0 Å². The van der Waals surface area contributed by atoms with Crippen LogP contribution in [0.5, 0.6) is 0 Å². The Morgan fingerprint density at radius 1 is 0.889 bits per heavy atom. The third-order valence-corrected chi connectivity index (χ3v) is 5.46. The van der Waals surface area contributed by atoms with E-state index in [-0.39, 0.29) is 30.7 Å². The standard InChI is InChI=1S/C29H40N2O5/c1-22(31-28(34)36-29(2,3)4)12-11-17-27(33)30-20-25(32)26(19-18-23-13-7-5-8-14-23)35-21-24-15-9-6-10-16-24/h5-10,13-16,22,26H,11-12,17-21H2,1-4H3,(H,30,33)(H,31,34)/t22-,26?/m0/s1. The van der Waals surface area contributed by atoms with Gasteiger partial charge in [-0.3, -0.25) is 9.59 Å². The van der Waals surface area contributed by atoms with Crippen LogP contribution in [0, 0.1) is 0 Å². The molecule has 7 nitrogen and oxygen atoms in total. The highest BCUT2D eigenvalue weighted by atomic mass is 16.6. The summed E-state index contributed by atoms with van der Waals surface area (Å²) in [6.45, 7) is 7.56. The molecule has 0 aliphatic rings. The quantitative estimate of drug-likeness (QED) is 0.385. The molecule has 2 N–H and O–H groups in total. The molecule has 0 saturated carbocycles. The number of benzene rings is 2. The SMILES string of the molecule is C[C@@H](CCCC(=O)NCC(=O)C(CCc1ccccc1)OCc1ccccc1)NC(=O)OC(C)(C)C. The van der Waals surface area contributed by atoms with Crippen molar-refractivity contribution in [3.8, 4) is 0 Å². The maximum Gasteiger partial charge on any atom is 0.407 e. The number of carbonyl (C=O) groups is 3. The maximum atomic E-state index is 12.9. The van der Waals surface area contributed by atoms with Gasteiger partial charge in [0.15, 0.2) is 5.78 Å². The maximum absolute atomic E-state index is 12.9. The van der Waals surface area contributed by atoms with E-state index in [4.69, 9.17) is 9.47 Å². The van der Waals surface area contributed by atoms with Crippen LogP contribution >= 0.6 is 0 Å². The van der Waals surface area contributed by atoms with E-state index in [0.29, 0.717) is 32.3 Å². The third-order valence-electron chi connectivity index (χ3n) is 5.46. The number of hydrogen-bond donors (Lipinski definition) is 2. The molecule has 0 saturated heterocycles. The van der Waals surface area contributed by atoms with E-state index in [1.807, 2.05) is 88.4 Å². The summed E-state index contributed by atoms with van der Waals surface area (Å²) in [5.41, 5.74) is 1.57. The van der Waals surface area contributed by atoms with Gasteiger partial charge in [0.1, 0.15) is 11.7 Å². The van der Waals surface area contributed by atoms with Crippen LogP contribution in [0.4, 0.5) is 4.79 Å². The molecule has 0 radical (unpaired) electrons. The van der Waals surface area contributed by atoms with Crippen LogP contribution in [0.25, 0.3) is 0 Å². The summed E-state index contributed by atoms with van der Waals surface area (Å²) in [7, 11) is 0. The van der Waals surface area contributed by atoms with Crippen molar-refractivity contribution in [2.24, 2.45) is 0 Å². The molecular formula is C29H40N2O5. The lowest BCUT2D eigenvalue weighted by Gasteiger charge is -2.22. The summed E-state index contributed by atoms with van der Waals surface area (Å²) in [6, 6.07) is 19.6. The van der Waals surface area contributed by atoms with E-state index >= 15 is 0 Å². The third kappa shape index (κ3) is 12.5. The predicted molar refractivity (Wildman–Crippen MR) is 140 cm³/mol. The predicted octanol–water partition coefficient (Wildman–Crippen LogP) is 4.97. The summed E-state index contributed by atoms with van der Waals surface area (Å²) in [5.74, 6) is -0.340. The molecule has 2 aromatic rings. The number of ether oxygens (including phenoxy) is 2. The van der Waals surface area contributed by atoms with Gasteiger partial charge >= 0.3 is 6.09 Å². The van der Waals surface area contributed by atoms with Crippen LogP contribution in [0.2, 0.25) is 0 Å². The molecule has 7 heteroatoms. The van der Waals surface area contributed by atoms with Crippen molar-refractivity contribution in [3.05, 3.63) is 71.8 Å². The highest BCUT2D eigenvalue weighted by Gasteiger charge is 2.21. The fourth-order valence-electron chi connectivity index (χ4n) is 3.59. The van der Waals surface area contributed by atoms with Gasteiger partial charge in [-0.1, -0.05) is 60.7 Å². The number of alkyl carbamates (subject to hydrolysis) is 1. The Morgan fingerprint density at radius 3 is 2.11 bits per heavy atom. The van der Waals surface area contributed by atoms with Gasteiger partial charge in [-0.25, -0.2) is 4.79 Å².